The Morgan fingerprint density at radius 3 is 2.29 bits per heavy atom. The van der Waals surface area contributed by atoms with E-state index in [1.165, 1.54) is 13.2 Å². The highest BCUT2D eigenvalue weighted by atomic mass is 16.5. The van der Waals surface area contributed by atoms with E-state index in [1.807, 2.05) is 12.1 Å². The maximum atomic E-state index is 12.6. The van der Waals surface area contributed by atoms with Crippen LogP contribution >= 0.6 is 0 Å². The van der Waals surface area contributed by atoms with Crippen LogP contribution in [0, 0.1) is 0 Å². The summed E-state index contributed by atoms with van der Waals surface area (Å²) in [5.74, 6) is -0.722. The molecule has 0 spiro atoms. The van der Waals surface area contributed by atoms with Crippen molar-refractivity contribution in [3.63, 3.8) is 0 Å². The smallest absolute Gasteiger partial charge is 0.338 e. The minimum atomic E-state index is -0.658. The maximum absolute atomic E-state index is 12.6. The molecule has 28 heavy (non-hydrogen) atoms. The fourth-order valence-electron chi connectivity index (χ4n) is 3.32. The number of carbonyl (C=O) groups is 3. The zero-order valence-electron chi connectivity index (χ0n) is 15.1. The van der Waals surface area contributed by atoms with Crippen molar-refractivity contribution in [3.8, 4) is 16.9 Å². The van der Waals surface area contributed by atoms with Crippen LogP contribution in [0.3, 0.4) is 0 Å². The van der Waals surface area contributed by atoms with Crippen molar-refractivity contribution < 1.29 is 23.9 Å². The standard InChI is InChI=1S/C23H16O5/c1-27-21-9-5-4-8-18(21)20(24)13-28-23(26)14-10-11-16-15-6-2-3-7-17(15)22(25)19(16)12-14/h2-12H,13H2,1H3. The number of fused-ring (bicyclic) bond motifs is 3. The minimum Gasteiger partial charge on any atom is -0.496 e. The van der Waals surface area contributed by atoms with Crippen LogP contribution in [-0.2, 0) is 4.74 Å². The topological polar surface area (TPSA) is 69.7 Å². The van der Waals surface area contributed by atoms with Crippen LogP contribution < -0.4 is 4.74 Å². The third-order valence-electron chi connectivity index (χ3n) is 4.70. The number of Topliss-reactive ketones (excluding diaryl/α,β-unsaturated/α-hetero) is 1. The van der Waals surface area contributed by atoms with E-state index >= 15 is 0 Å². The summed E-state index contributed by atoms with van der Waals surface area (Å²) in [7, 11) is 1.47. The zero-order valence-corrected chi connectivity index (χ0v) is 15.1. The van der Waals surface area contributed by atoms with E-state index in [2.05, 4.69) is 0 Å². The van der Waals surface area contributed by atoms with Crippen molar-refractivity contribution in [2.75, 3.05) is 13.7 Å². The SMILES string of the molecule is COc1ccccc1C(=O)COC(=O)c1ccc2c(c1)C(=O)c1ccccc1-2. The van der Waals surface area contributed by atoms with Crippen LogP contribution in [-0.4, -0.2) is 31.3 Å². The molecular formula is C23H16O5. The van der Waals surface area contributed by atoms with E-state index in [4.69, 9.17) is 9.47 Å². The lowest BCUT2D eigenvalue weighted by Crippen LogP contribution is -2.15. The van der Waals surface area contributed by atoms with Gasteiger partial charge in [-0.15, -0.1) is 0 Å². The number of ketones is 2. The van der Waals surface area contributed by atoms with E-state index in [9.17, 15) is 14.4 Å². The summed E-state index contributed by atoms with van der Waals surface area (Å²) in [5.41, 5.74) is 3.31. The van der Waals surface area contributed by atoms with E-state index in [1.54, 1.807) is 48.5 Å². The summed E-state index contributed by atoms with van der Waals surface area (Å²) in [6.07, 6.45) is 0. The van der Waals surface area contributed by atoms with Gasteiger partial charge in [0.2, 0.25) is 5.78 Å². The quantitative estimate of drug-likeness (QED) is 0.392. The lowest BCUT2D eigenvalue weighted by molar-refractivity contribution is 0.0474. The van der Waals surface area contributed by atoms with Crippen LogP contribution in [0.15, 0.2) is 66.7 Å². The largest absolute Gasteiger partial charge is 0.496 e. The fraction of sp³-hybridized carbons (Fsp3) is 0.0870. The molecule has 0 aromatic heterocycles. The highest BCUT2D eigenvalue weighted by Crippen LogP contribution is 2.36. The van der Waals surface area contributed by atoms with Crippen LogP contribution in [0.2, 0.25) is 0 Å². The van der Waals surface area contributed by atoms with Crippen LogP contribution in [0.5, 0.6) is 5.75 Å². The average molecular weight is 372 g/mol. The first kappa shape index (κ1) is 17.7. The molecule has 0 amide bonds. The van der Waals surface area contributed by atoms with Crippen molar-refractivity contribution in [2.45, 2.75) is 0 Å². The van der Waals surface area contributed by atoms with Gasteiger partial charge in [0.25, 0.3) is 0 Å². The second kappa shape index (κ2) is 7.12. The van der Waals surface area contributed by atoms with Crippen LogP contribution in [0.4, 0.5) is 0 Å². The molecule has 0 heterocycles. The van der Waals surface area contributed by atoms with Gasteiger partial charge in [0, 0.05) is 11.1 Å². The first-order valence-electron chi connectivity index (χ1n) is 8.71. The van der Waals surface area contributed by atoms with Crippen LogP contribution in [0.1, 0.15) is 36.6 Å². The van der Waals surface area contributed by atoms with E-state index in [-0.39, 0.29) is 17.1 Å². The van der Waals surface area contributed by atoms with Gasteiger partial charge in [-0.2, -0.15) is 0 Å². The molecule has 0 radical (unpaired) electrons. The van der Waals surface area contributed by atoms with Crippen molar-refractivity contribution >= 4 is 17.5 Å². The lowest BCUT2D eigenvalue weighted by Gasteiger charge is -2.08. The molecule has 0 saturated carbocycles. The number of benzene rings is 3. The molecule has 0 fully saturated rings. The molecule has 0 aliphatic heterocycles. The number of esters is 1. The summed E-state index contributed by atoms with van der Waals surface area (Å²) in [6, 6.07) is 18.9. The molecule has 0 N–H and O–H groups in total. The third kappa shape index (κ3) is 2.97. The molecule has 1 aliphatic rings. The minimum absolute atomic E-state index is 0.120. The Hall–Kier alpha value is -3.73. The Kier molecular flexibility index (Phi) is 4.49. The number of methoxy groups -OCH3 is 1. The predicted octanol–water partition coefficient (Wildman–Crippen LogP) is 3.95. The zero-order chi connectivity index (χ0) is 19.7. The Balaban J connectivity index is 1.51. The van der Waals surface area contributed by atoms with Crippen molar-refractivity contribution in [1.82, 2.24) is 0 Å². The number of carbonyl (C=O) groups excluding carboxylic acids is 3. The van der Waals surface area contributed by atoms with Gasteiger partial charge >= 0.3 is 5.97 Å². The Bertz CT molecular complexity index is 1110. The molecule has 0 atom stereocenters. The molecule has 5 heteroatoms. The Morgan fingerprint density at radius 2 is 1.50 bits per heavy atom. The molecule has 138 valence electrons. The fourth-order valence-corrected chi connectivity index (χ4v) is 3.32. The third-order valence-corrected chi connectivity index (χ3v) is 4.70. The van der Waals surface area contributed by atoms with Crippen LogP contribution in [0.25, 0.3) is 11.1 Å². The van der Waals surface area contributed by atoms with E-state index < -0.39 is 12.6 Å². The molecule has 4 rings (SSSR count). The molecule has 0 unspecified atom stereocenters. The molecular weight excluding hydrogens is 356 g/mol. The normalized spacial score (nSPS) is 11.5. The van der Waals surface area contributed by atoms with Gasteiger partial charge in [-0.3, -0.25) is 9.59 Å². The summed E-state index contributed by atoms with van der Waals surface area (Å²) >= 11 is 0. The lowest BCUT2D eigenvalue weighted by atomic mass is 10.0. The number of hydrogen-bond acceptors (Lipinski definition) is 5. The molecule has 5 nitrogen and oxygen atoms in total. The summed E-state index contributed by atoms with van der Waals surface area (Å²) in [6.45, 7) is -0.412. The number of para-hydroxylation sites is 1. The van der Waals surface area contributed by atoms with Gasteiger partial charge in [-0.05, 0) is 35.4 Å². The van der Waals surface area contributed by atoms with Crippen molar-refractivity contribution in [2.24, 2.45) is 0 Å². The number of ether oxygens (including phenoxy) is 2. The Labute approximate surface area is 161 Å². The van der Waals surface area contributed by atoms with Gasteiger partial charge in [0.1, 0.15) is 5.75 Å². The number of rotatable bonds is 5. The molecule has 0 bridgehead atoms. The van der Waals surface area contributed by atoms with Gasteiger partial charge < -0.3 is 9.47 Å². The van der Waals surface area contributed by atoms with Gasteiger partial charge in [-0.1, -0.05) is 42.5 Å². The van der Waals surface area contributed by atoms with E-state index in [0.717, 1.165) is 11.1 Å². The first-order chi connectivity index (χ1) is 13.6. The highest BCUT2D eigenvalue weighted by Gasteiger charge is 2.27. The van der Waals surface area contributed by atoms with Gasteiger partial charge in [-0.25, -0.2) is 4.79 Å². The summed E-state index contributed by atoms with van der Waals surface area (Å²) in [4.78, 5) is 37.3. The van der Waals surface area contributed by atoms with Crippen molar-refractivity contribution in [3.05, 3.63) is 89.0 Å². The summed E-state index contributed by atoms with van der Waals surface area (Å²) in [5, 5.41) is 0. The molecule has 1 aliphatic carbocycles. The Morgan fingerprint density at radius 1 is 0.821 bits per heavy atom. The summed E-state index contributed by atoms with van der Waals surface area (Å²) < 4.78 is 10.3. The van der Waals surface area contributed by atoms with Gasteiger partial charge in [0.05, 0.1) is 18.2 Å². The molecule has 0 saturated heterocycles. The van der Waals surface area contributed by atoms with Gasteiger partial charge in [0.15, 0.2) is 12.4 Å². The highest BCUT2D eigenvalue weighted by molar-refractivity contribution is 6.22. The maximum Gasteiger partial charge on any atom is 0.338 e. The second-order valence-electron chi connectivity index (χ2n) is 6.33. The molecule has 3 aromatic carbocycles. The van der Waals surface area contributed by atoms with Crippen molar-refractivity contribution in [1.29, 1.82) is 0 Å². The monoisotopic (exact) mass is 372 g/mol. The van der Waals surface area contributed by atoms with E-state index in [0.29, 0.717) is 22.4 Å². The average Bonchev–Trinajstić information content (AvgIpc) is 3.03. The molecule has 3 aromatic rings. The second-order valence-corrected chi connectivity index (χ2v) is 6.33. The first-order valence-corrected chi connectivity index (χ1v) is 8.71. The predicted molar refractivity (Wildman–Crippen MR) is 103 cm³/mol. The number of hydrogen-bond donors (Lipinski definition) is 0.